The van der Waals surface area contributed by atoms with Gasteiger partial charge in [-0.15, -0.1) is 24.8 Å². The molecule has 24 heavy (non-hydrogen) atoms. The molecule has 1 aromatic heterocycles. The smallest absolute Gasteiger partial charge is 0.220 e. The summed E-state index contributed by atoms with van der Waals surface area (Å²) >= 11 is 0. The highest BCUT2D eigenvalue weighted by molar-refractivity contribution is 5.85. The summed E-state index contributed by atoms with van der Waals surface area (Å²) in [5.41, 5.74) is 7.04. The minimum atomic E-state index is 0. The molecule has 1 aliphatic rings. The van der Waals surface area contributed by atoms with Crippen molar-refractivity contribution in [3.8, 4) is 0 Å². The van der Waals surface area contributed by atoms with Crippen molar-refractivity contribution in [2.24, 2.45) is 11.7 Å². The van der Waals surface area contributed by atoms with Crippen LogP contribution in [0.25, 0.3) is 0 Å². The highest BCUT2D eigenvalue weighted by Crippen LogP contribution is 2.26. The van der Waals surface area contributed by atoms with E-state index in [9.17, 15) is 4.79 Å². The first-order chi connectivity index (χ1) is 10.6. The third kappa shape index (κ3) is 6.46. The fourth-order valence-corrected chi connectivity index (χ4v) is 3.09. The molecule has 2 rings (SSSR count). The summed E-state index contributed by atoms with van der Waals surface area (Å²) in [6.07, 6.45) is 5.67. The fraction of sp³-hybridized carbons (Fsp3) is 0.647. The molecule has 0 aromatic carbocycles. The van der Waals surface area contributed by atoms with Gasteiger partial charge in [0.2, 0.25) is 5.91 Å². The first-order valence-electron chi connectivity index (χ1n) is 8.36. The van der Waals surface area contributed by atoms with Crippen molar-refractivity contribution in [3.05, 3.63) is 23.9 Å². The Morgan fingerprint density at radius 2 is 2.00 bits per heavy atom. The molecule has 2 atom stereocenters. The van der Waals surface area contributed by atoms with E-state index in [1.165, 1.54) is 0 Å². The number of amides is 1. The normalized spacial score (nSPS) is 19.1. The van der Waals surface area contributed by atoms with Gasteiger partial charge in [-0.05, 0) is 44.2 Å². The molecule has 0 aliphatic heterocycles. The topological polar surface area (TPSA) is 71.2 Å². The van der Waals surface area contributed by atoms with Gasteiger partial charge >= 0.3 is 0 Å². The maximum atomic E-state index is 12.0. The van der Waals surface area contributed by atoms with Crippen LogP contribution in [0.2, 0.25) is 0 Å². The van der Waals surface area contributed by atoms with Crippen LogP contribution >= 0.6 is 24.8 Å². The van der Waals surface area contributed by atoms with Crippen molar-refractivity contribution in [1.82, 2.24) is 10.3 Å². The summed E-state index contributed by atoms with van der Waals surface area (Å²) < 4.78 is 0. The molecule has 0 saturated heterocycles. The Bertz CT molecular complexity index is 480. The lowest BCUT2D eigenvalue weighted by Crippen LogP contribution is -2.31. The second-order valence-electron chi connectivity index (χ2n) is 6.03. The van der Waals surface area contributed by atoms with Gasteiger partial charge in [-0.2, -0.15) is 0 Å². The number of carbonyl (C=O) groups is 1. The van der Waals surface area contributed by atoms with Crippen LogP contribution in [0.5, 0.6) is 0 Å². The summed E-state index contributed by atoms with van der Waals surface area (Å²) in [5, 5.41) is 2.97. The molecule has 0 unspecified atom stereocenters. The molecule has 7 heteroatoms. The van der Waals surface area contributed by atoms with E-state index in [2.05, 4.69) is 29.0 Å². The number of halogens is 2. The van der Waals surface area contributed by atoms with Crippen LogP contribution in [-0.2, 0) is 11.3 Å². The molecule has 0 radical (unpaired) electrons. The first kappa shape index (κ1) is 23.0. The average Bonchev–Trinajstić information content (AvgIpc) is 2.93. The van der Waals surface area contributed by atoms with E-state index < -0.39 is 0 Å². The second-order valence-corrected chi connectivity index (χ2v) is 6.03. The average molecular weight is 377 g/mol. The van der Waals surface area contributed by atoms with Crippen LogP contribution in [0, 0.1) is 5.92 Å². The van der Waals surface area contributed by atoms with Crippen LogP contribution in [-0.4, -0.2) is 30.0 Å². The lowest BCUT2D eigenvalue weighted by molar-refractivity contribution is -0.122. The van der Waals surface area contributed by atoms with Gasteiger partial charge in [0.25, 0.3) is 0 Å². The summed E-state index contributed by atoms with van der Waals surface area (Å²) in [4.78, 5) is 18.7. The van der Waals surface area contributed by atoms with Crippen molar-refractivity contribution in [2.75, 3.05) is 18.0 Å². The third-order valence-corrected chi connectivity index (χ3v) is 4.55. The van der Waals surface area contributed by atoms with Crippen LogP contribution in [0.15, 0.2) is 18.3 Å². The number of carbonyl (C=O) groups excluding carboxylic acids is 1. The molecule has 1 amide bonds. The molecular formula is C17H30Cl2N4O. The van der Waals surface area contributed by atoms with E-state index in [0.717, 1.165) is 43.7 Å². The summed E-state index contributed by atoms with van der Waals surface area (Å²) in [6, 6.07) is 4.24. The lowest BCUT2D eigenvalue weighted by Gasteiger charge is -2.19. The van der Waals surface area contributed by atoms with Crippen molar-refractivity contribution >= 4 is 36.5 Å². The number of nitrogens with zero attached hydrogens (tertiary/aromatic N) is 2. The highest BCUT2D eigenvalue weighted by atomic mass is 35.5. The van der Waals surface area contributed by atoms with Crippen molar-refractivity contribution in [1.29, 1.82) is 0 Å². The number of hydrogen-bond acceptors (Lipinski definition) is 4. The van der Waals surface area contributed by atoms with E-state index in [0.29, 0.717) is 18.9 Å². The zero-order chi connectivity index (χ0) is 15.9. The van der Waals surface area contributed by atoms with Crippen molar-refractivity contribution < 1.29 is 4.79 Å². The van der Waals surface area contributed by atoms with Gasteiger partial charge in [-0.1, -0.05) is 12.5 Å². The van der Waals surface area contributed by atoms with E-state index in [1.54, 1.807) is 0 Å². The fourth-order valence-electron chi connectivity index (χ4n) is 3.09. The van der Waals surface area contributed by atoms with Gasteiger partial charge in [-0.25, -0.2) is 4.98 Å². The molecule has 1 aliphatic carbocycles. The minimum Gasteiger partial charge on any atom is -0.357 e. The quantitative estimate of drug-likeness (QED) is 0.767. The minimum absolute atomic E-state index is 0. The van der Waals surface area contributed by atoms with Gasteiger partial charge in [0.1, 0.15) is 5.82 Å². The maximum Gasteiger partial charge on any atom is 0.220 e. The Morgan fingerprint density at radius 1 is 1.29 bits per heavy atom. The standard InChI is InChI=1S/C17H28N4O.2ClH/c1-3-21(4-2)16-9-8-13(11-19-16)12-20-17(22)10-14-6-5-7-15(14)18;;/h8-9,11,14-15H,3-7,10,12,18H2,1-2H3,(H,20,22);2*1H/t14-,15+;;/m0../s1. The van der Waals surface area contributed by atoms with Gasteiger partial charge in [0.15, 0.2) is 0 Å². The zero-order valence-electron chi connectivity index (χ0n) is 14.5. The zero-order valence-corrected chi connectivity index (χ0v) is 16.2. The summed E-state index contributed by atoms with van der Waals surface area (Å²) in [5.74, 6) is 1.43. The number of anilines is 1. The van der Waals surface area contributed by atoms with E-state index >= 15 is 0 Å². The maximum absolute atomic E-state index is 12.0. The monoisotopic (exact) mass is 376 g/mol. The van der Waals surface area contributed by atoms with Gasteiger partial charge in [-0.3, -0.25) is 4.79 Å². The van der Waals surface area contributed by atoms with Crippen LogP contribution in [0.3, 0.4) is 0 Å². The van der Waals surface area contributed by atoms with Gasteiger partial charge in [0.05, 0.1) is 0 Å². The molecule has 0 spiro atoms. The van der Waals surface area contributed by atoms with E-state index in [4.69, 9.17) is 5.73 Å². The molecule has 0 bridgehead atoms. The number of nitrogens with two attached hydrogens (primary N) is 1. The number of aromatic nitrogens is 1. The third-order valence-electron chi connectivity index (χ3n) is 4.55. The van der Waals surface area contributed by atoms with Crippen LogP contribution in [0.4, 0.5) is 5.82 Å². The van der Waals surface area contributed by atoms with Crippen molar-refractivity contribution in [2.45, 2.75) is 52.1 Å². The first-order valence-corrected chi connectivity index (χ1v) is 8.36. The number of rotatable bonds is 7. The summed E-state index contributed by atoms with van der Waals surface area (Å²) in [6.45, 7) is 6.66. The van der Waals surface area contributed by atoms with Crippen LogP contribution in [0.1, 0.15) is 45.1 Å². The SMILES string of the molecule is CCN(CC)c1ccc(CNC(=O)C[C@@H]2CCC[C@H]2N)cn1.Cl.Cl. The Hall–Kier alpha value is -1.04. The molecular weight excluding hydrogens is 347 g/mol. The molecule has 1 saturated carbocycles. The largest absolute Gasteiger partial charge is 0.357 e. The molecule has 5 nitrogen and oxygen atoms in total. The summed E-state index contributed by atoms with van der Waals surface area (Å²) in [7, 11) is 0. The van der Waals surface area contributed by atoms with E-state index in [1.807, 2.05) is 18.3 Å². The molecule has 1 fully saturated rings. The van der Waals surface area contributed by atoms with Crippen LogP contribution < -0.4 is 16.0 Å². The predicted molar refractivity (Wildman–Crippen MR) is 104 cm³/mol. The molecule has 138 valence electrons. The Kier molecular flexibility index (Phi) is 11.0. The predicted octanol–water partition coefficient (Wildman–Crippen LogP) is 2.91. The number of hydrogen-bond donors (Lipinski definition) is 2. The highest BCUT2D eigenvalue weighted by Gasteiger charge is 2.25. The molecule has 1 heterocycles. The lowest BCUT2D eigenvalue weighted by atomic mass is 10.00. The Labute approximate surface area is 157 Å². The number of pyridine rings is 1. The Morgan fingerprint density at radius 3 is 2.50 bits per heavy atom. The molecule has 3 N–H and O–H groups in total. The number of nitrogens with one attached hydrogen (secondary N) is 1. The van der Waals surface area contributed by atoms with Gasteiger partial charge < -0.3 is 16.0 Å². The van der Waals surface area contributed by atoms with Gasteiger partial charge in [0, 0.05) is 38.3 Å². The van der Waals surface area contributed by atoms with E-state index in [-0.39, 0.29) is 36.8 Å². The molecule has 1 aromatic rings. The second kappa shape index (κ2) is 11.5. The Balaban J connectivity index is 0.00000264. The van der Waals surface area contributed by atoms with Crippen molar-refractivity contribution in [3.63, 3.8) is 0 Å².